The van der Waals surface area contributed by atoms with E-state index in [4.69, 9.17) is 0 Å². The first-order valence-electron chi connectivity index (χ1n) is 7.38. The van der Waals surface area contributed by atoms with Crippen LogP contribution in [0.15, 0.2) is 16.7 Å². The fourth-order valence-corrected chi connectivity index (χ4v) is 3.04. The zero-order valence-electron chi connectivity index (χ0n) is 11.9. The van der Waals surface area contributed by atoms with E-state index in [1.807, 2.05) is 13.0 Å². The van der Waals surface area contributed by atoms with Crippen molar-refractivity contribution in [1.82, 2.24) is 10.3 Å². The third kappa shape index (κ3) is 4.20. The molecule has 1 fully saturated rings. The normalized spacial score (nSPS) is 15.3. The van der Waals surface area contributed by atoms with Gasteiger partial charge in [-0.3, -0.25) is 4.79 Å². The molecule has 0 aromatic carbocycles. The summed E-state index contributed by atoms with van der Waals surface area (Å²) in [6.07, 6.45) is 8.11. The highest BCUT2D eigenvalue weighted by Gasteiger charge is 2.16. The van der Waals surface area contributed by atoms with Gasteiger partial charge in [0.05, 0.1) is 5.56 Å². The number of pyridine rings is 1. The SMILES string of the molecule is CCNc1ncc(Br)cc1C(=O)NCCC1CCCC1. The lowest BCUT2D eigenvalue weighted by atomic mass is 10.0. The number of halogens is 1. The van der Waals surface area contributed by atoms with E-state index >= 15 is 0 Å². The van der Waals surface area contributed by atoms with Crippen LogP contribution in [-0.4, -0.2) is 24.0 Å². The summed E-state index contributed by atoms with van der Waals surface area (Å²) >= 11 is 3.37. The van der Waals surface area contributed by atoms with Gasteiger partial charge in [0.2, 0.25) is 0 Å². The van der Waals surface area contributed by atoms with Crippen LogP contribution in [0.3, 0.4) is 0 Å². The minimum absolute atomic E-state index is 0.0484. The Morgan fingerprint density at radius 1 is 1.45 bits per heavy atom. The number of hydrogen-bond acceptors (Lipinski definition) is 3. The Bertz CT molecular complexity index is 458. The van der Waals surface area contributed by atoms with Crippen molar-refractivity contribution in [2.45, 2.75) is 39.0 Å². The van der Waals surface area contributed by atoms with Gasteiger partial charge in [-0.15, -0.1) is 0 Å². The monoisotopic (exact) mass is 339 g/mol. The van der Waals surface area contributed by atoms with E-state index in [-0.39, 0.29) is 5.91 Å². The first kappa shape index (κ1) is 15.3. The fraction of sp³-hybridized carbons (Fsp3) is 0.600. The molecule has 20 heavy (non-hydrogen) atoms. The lowest BCUT2D eigenvalue weighted by molar-refractivity contribution is 0.0952. The number of nitrogens with zero attached hydrogens (tertiary/aromatic N) is 1. The van der Waals surface area contributed by atoms with Gasteiger partial charge in [0.25, 0.3) is 5.91 Å². The molecule has 4 nitrogen and oxygen atoms in total. The maximum atomic E-state index is 12.3. The summed E-state index contributed by atoms with van der Waals surface area (Å²) in [5.74, 6) is 1.39. The van der Waals surface area contributed by atoms with Crippen molar-refractivity contribution in [3.05, 3.63) is 22.3 Å². The number of hydrogen-bond donors (Lipinski definition) is 2. The van der Waals surface area contributed by atoms with Gasteiger partial charge >= 0.3 is 0 Å². The second-order valence-electron chi connectivity index (χ2n) is 5.28. The van der Waals surface area contributed by atoms with Crippen LogP contribution in [0.1, 0.15) is 49.4 Å². The van der Waals surface area contributed by atoms with Crippen LogP contribution in [0, 0.1) is 5.92 Å². The van der Waals surface area contributed by atoms with E-state index in [1.54, 1.807) is 6.20 Å². The second kappa shape index (κ2) is 7.62. The minimum Gasteiger partial charge on any atom is -0.370 e. The molecule has 0 radical (unpaired) electrons. The Hall–Kier alpha value is -1.10. The number of amides is 1. The van der Waals surface area contributed by atoms with Crippen LogP contribution in [0.5, 0.6) is 0 Å². The van der Waals surface area contributed by atoms with E-state index in [0.29, 0.717) is 11.4 Å². The van der Waals surface area contributed by atoms with Crippen LogP contribution in [0.4, 0.5) is 5.82 Å². The molecule has 1 amide bonds. The summed E-state index contributed by atoms with van der Waals surface area (Å²) in [6, 6.07) is 1.82. The van der Waals surface area contributed by atoms with Gasteiger partial charge in [0.1, 0.15) is 5.82 Å². The second-order valence-corrected chi connectivity index (χ2v) is 6.19. The number of anilines is 1. The van der Waals surface area contributed by atoms with Gasteiger partial charge in [-0.05, 0) is 41.3 Å². The number of aromatic nitrogens is 1. The van der Waals surface area contributed by atoms with E-state index in [0.717, 1.165) is 29.9 Å². The van der Waals surface area contributed by atoms with Crippen molar-refractivity contribution in [3.8, 4) is 0 Å². The van der Waals surface area contributed by atoms with E-state index in [1.165, 1.54) is 25.7 Å². The van der Waals surface area contributed by atoms with Crippen LogP contribution < -0.4 is 10.6 Å². The molecule has 0 spiro atoms. The van der Waals surface area contributed by atoms with E-state index in [2.05, 4.69) is 31.5 Å². The number of carbonyl (C=O) groups is 1. The summed E-state index contributed by atoms with van der Waals surface area (Å²) in [6.45, 7) is 3.49. The molecule has 2 N–H and O–H groups in total. The topological polar surface area (TPSA) is 54.0 Å². The highest BCUT2D eigenvalue weighted by Crippen LogP contribution is 2.27. The Labute approximate surface area is 128 Å². The number of rotatable bonds is 6. The number of carbonyl (C=O) groups excluding carboxylic acids is 1. The van der Waals surface area contributed by atoms with Crippen molar-refractivity contribution >= 4 is 27.7 Å². The van der Waals surface area contributed by atoms with E-state index < -0.39 is 0 Å². The van der Waals surface area contributed by atoms with Gasteiger partial charge in [-0.25, -0.2) is 4.98 Å². The lowest BCUT2D eigenvalue weighted by Crippen LogP contribution is -2.27. The Morgan fingerprint density at radius 3 is 2.90 bits per heavy atom. The number of nitrogens with one attached hydrogen (secondary N) is 2. The zero-order chi connectivity index (χ0) is 14.4. The predicted molar refractivity (Wildman–Crippen MR) is 85.0 cm³/mol. The summed E-state index contributed by atoms with van der Waals surface area (Å²) in [4.78, 5) is 16.5. The maximum absolute atomic E-state index is 12.3. The Morgan fingerprint density at radius 2 is 2.20 bits per heavy atom. The van der Waals surface area contributed by atoms with Crippen molar-refractivity contribution in [3.63, 3.8) is 0 Å². The molecule has 5 heteroatoms. The minimum atomic E-state index is -0.0484. The standard InChI is InChI=1S/C15H22BrN3O/c1-2-17-14-13(9-12(16)10-19-14)15(20)18-8-7-11-5-3-4-6-11/h9-11H,2-8H2,1H3,(H,17,19)(H,18,20). The molecule has 1 heterocycles. The Balaban J connectivity index is 1.91. The first-order chi connectivity index (χ1) is 9.70. The van der Waals surface area contributed by atoms with Crippen LogP contribution in [0.25, 0.3) is 0 Å². The quantitative estimate of drug-likeness (QED) is 0.832. The molecule has 110 valence electrons. The Kier molecular flexibility index (Phi) is 5.83. The third-order valence-electron chi connectivity index (χ3n) is 3.76. The lowest BCUT2D eigenvalue weighted by Gasteiger charge is -2.12. The first-order valence-corrected chi connectivity index (χ1v) is 8.17. The average molecular weight is 340 g/mol. The molecule has 0 bridgehead atoms. The van der Waals surface area contributed by atoms with Gasteiger partial charge in [0, 0.05) is 23.8 Å². The molecule has 1 aromatic rings. The maximum Gasteiger partial charge on any atom is 0.255 e. The van der Waals surface area contributed by atoms with Crippen LogP contribution in [-0.2, 0) is 0 Å². The van der Waals surface area contributed by atoms with Crippen molar-refractivity contribution < 1.29 is 4.79 Å². The molecular formula is C15H22BrN3O. The summed E-state index contributed by atoms with van der Waals surface area (Å²) in [7, 11) is 0. The molecule has 1 aromatic heterocycles. The van der Waals surface area contributed by atoms with Gasteiger partial charge < -0.3 is 10.6 Å². The molecule has 0 atom stereocenters. The molecule has 0 saturated heterocycles. The summed E-state index contributed by atoms with van der Waals surface area (Å²) in [5, 5.41) is 6.14. The van der Waals surface area contributed by atoms with Gasteiger partial charge in [-0.1, -0.05) is 25.7 Å². The van der Waals surface area contributed by atoms with Crippen molar-refractivity contribution in [2.75, 3.05) is 18.4 Å². The zero-order valence-corrected chi connectivity index (χ0v) is 13.5. The third-order valence-corrected chi connectivity index (χ3v) is 4.19. The molecule has 1 aliphatic rings. The molecule has 2 rings (SSSR count). The predicted octanol–water partition coefficient (Wildman–Crippen LogP) is 3.59. The fourth-order valence-electron chi connectivity index (χ4n) is 2.70. The molecule has 1 saturated carbocycles. The molecular weight excluding hydrogens is 318 g/mol. The molecule has 0 unspecified atom stereocenters. The largest absolute Gasteiger partial charge is 0.370 e. The smallest absolute Gasteiger partial charge is 0.255 e. The van der Waals surface area contributed by atoms with E-state index in [9.17, 15) is 4.79 Å². The summed E-state index contributed by atoms with van der Waals surface area (Å²) in [5.41, 5.74) is 0.604. The highest BCUT2D eigenvalue weighted by atomic mass is 79.9. The van der Waals surface area contributed by atoms with Crippen molar-refractivity contribution in [2.24, 2.45) is 5.92 Å². The van der Waals surface area contributed by atoms with Gasteiger partial charge in [0.15, 0.2) is 0 Å². The van der Waals surface area contributed by atoms with Gasteiger partial charge in [-0.2, -0.15) is 0 Å². The highest BCUT2D eigenvalue weighted by molar-refractivity contribution is 9.10. The average Bonchev–Trinajstić information content (AvgIpc) is 2.94. The molecule has 1 aliphatic carbocycles. The van der Waals surface area contributed by atoms with Crippen LogP contribution >= 0.6 is 15.9 Å². The van der Waals surface area contributed by atoms with Crippen LogP contribution in [0.2, 0.25) is 0 Å². The van der Waals surface area contributed by atoms with Crippen molar-refractivity contribution in [1.29, 1.82) is 0 Å². The summed E-state index contributed by atoms with van der Waals surface area (Å²) < 4.78 is 0.820. The molecule has 0 aliphatic heterocycles.